The van der Waals surface area contributed by atoms with Gasteiger partial charge in [0.1, 0.15) is 5.60 Å². The largest absolute Gasteiger partial charge is 0.469 e. The zero-order chi connectivity index (χ0) is 18.4. The Morgan fingerprint density at radius 3 is 2.32 bits per heavy atom. The van der Waals surface area contributed by atoms with Gasteiger partial charge in [-0.15, -0.1) is 0 Å². The average Bonchev–Trinajstić information content (AvgIpc) is 2.53. The van der Waals surface area contributed by atoms with E-state index in [0.29, 0.717) is 24.9 Å². The molecule has 2 aromatic rings. The van der Waals surface area contributed by atoms with Crippen LogP contribution < -0.4 is 5.32 Å². The minimum Gasteiger partial charge on any atom is -0.469 e. The Labute approximate surface area is 148 Å². The van der Waals surface area contributed by atoms with Gasteiger partial charge in [-0.2, -0.15) is 0 Å². The maximum atomic E-state index is 12.1. The van der Waals surface area contributed by atoms with Crippen LogP contribution in [-0.2, 0) is 20.7 Å². The first kappa shape index (κ1) is 18.8. The third-order valence-corrected chi connectivity index (χ3v) is 3.66. The molecule has 0 unspecified atom stereocenters. The third-order valence-electron chi connectivity index (χ3n) is 3.66. The average molecular weight is 343 g/mol. The van der Waals surface area contributed by atoms with E-state index in [-0.39, 0.29) is 5.97 Å². The summed E-state index contributed by atoms with van der Waals surface area (Å²) in [5, 5.41) is 4.95. The summed E-state index contributed by atoms with van der Waals surface area (Å²) in [5.41, 5.74) is 1.11. The van der Waals surface area contributed by atoms with Crippen molar-refractivity contribution >= 4 is 28.5 Å². The van der Waals surface area contributed by atoms with Crippen LogP contribution in [0, 0.1) is 0 Å². The van der Waals surface area contributed by atoms with E-state index in [4.69, 9.17) is 4.74 Å². The van der Waals surface area contributed by atoms with Crippen molar-refractivity contribution in [2.45, 2.75) is 45.6 Å². The summed E-state index contributed by atoms with van der Waals surface area (Å²) in [6.07, 6.45) is 1.16. The molecule has 2 rings (SSSR count). The van der Waals surface area contributed by atoms with Crippen LogP contribution in [0.4, 0.5) is 10.5 Å². The van der Waals surface area contributed by atoms with Crippen molar-refractivity contribution in [3.05, 3.63) is 42.0 Å². The van der Waals surface area contributed by atoms with Gasteiger partial charge >= 0.3 is 12.1 Å². The Hall–Kier alpha value is -2.56. The number of carbonyl (C=O) groups excluding carboxylic acids is 2. The van der Waals surface area contributed by atoms with Crippen molar-refractivity contribution in [3.8, 4) is 0 Å². The first-order valence-electron chi connectivity index (χ1n) is 8.37. The Kier molecular flexibility index (Phi) is 6.02. The lowest BCUT2D eigenvalue weighted by Crippen LogP contribution is -2.27. The molecule has 0 fully saturated rings. The fourth-order valence-electron chi connectivity index (χ4n) is 2.55. The summed E-state index contributed by atoms with van der Waals surface area (Å²) in [6.45, 7) is 5.47. The molecule has 0 bridgehead atoms. The van der Waals surface area contributed by atoms with Crippen molar-refractivity contribution in [3.63, 3.8) is 0 Å². The van der Waals surface area contributed by atoms with Gasteiger partial charge in [-0.3, -0.25) is 10.1 Å². The van der Waals surface area contributed by atoms with Crippen molar-refractivity contribution in [1.82, 2.24) is 0 Å². The maximum absolute atomic E-state index is 12.1. The Morgan fingerprint density at radius 1 is 1.08 bits per heavy atom. The molecule has 0 aromatic heterocycles. The highest BCUT2D eigenvalue weighted by Gasteiger charge is 2.17. The maximum Gasteiger partial charge on any atom is 0.412 e. The van der Waals surface area contributed by atoms with Crippen molar-refractivity contribution in [2.24, 2.45) is 0 Å². The van der Waals surface area contributed by atoms with E-state index < -0.39 is 11.7 Å². The molecule has 0 radical (unpaired) electrons. The van der Waals surface area contributed by atoms with E-state index >= 15 is 0 Å². The minimum absolute atomic E-state index is 0.234. The molecule has 0 saturated heterocycles. The smallest absolute Gasteiger partial charge is 0.412 e. The predicted octanol–water partition coefficient (Wildman–Crippen LogP) is 4.68. The standard InChI is InChI=1S/C20H25NO4/c1-20(2,3)25-19(23)21-17-13-15-9-6-5-8-14(15)12-16(17)10-7-11-18(22)24-4/h5-6,8-9,12-13H,7,10-11H2,1-4H3,(H,21,23). The quantitative estimate of drug-likeness (QED) is 0.800. The molecule has 0 heterocycles. The number of rotatable bonds is 5. The number of hydrogen-bond donors (Lipinski definition) is 1. The summed E-state index contributed by atoms with van der Waals surface area (Å²) in [4.78, 5) is 23.5. The molecule has 25 heavy (non-hydrogen) atoms. The van der Waals surface area contributed by atoms with Gasteiger partial charge < -0.3 is 9.47 Å². The number of ether oxygens (including phenoxy) is 2. The fraction of sp³-hybridized carbons (Fsp3) is 0.400. The molecule has 134 valence electrons. The highest BCUT2D eigenvalue weighted by atomic mass is 16.6. The van der Waals surface area contributed by atoms with Crippen molar-refractivity contribution in [1.29, 1.82) is 0 Å². The molecule has 0 aliphatic heterocycles. The molecular weight excluding hydrogens is 318 g/mol. The normalized spacial score (nSPS) is 11.2. The van der Waals surface area contributed by atoms with Crippen molar-refractivity contribution < 1.29 is 19.1 Å². The number of nitrogens with one attached hydrogen (secondary N) is 1. The van der Waals surface area contributed by atoms with Crippen LogP contribution in [0.1, 0.15) is 39.2 Å². The predicted molar refractivity (Wildman–Crippen MR) is 98.8 cm³/mol. The summed E-state index contributed by atoms with van der Waals surface area (Å²) in [6, 6.07) is 11.9. The zero-order valence-corrected chi connectivity index (χ0v) is 15.2. The second-order valence-electron chi connectivity index (χ2n) is 6.91. The second kappa shape index (κ2) is 8.01. The number of carbonyl (C=O) groups is 2. The van der Waals surface area contributed by atoms with E-state index in [9.17, 15) is 9.59 Å². The zero-order valence-electron chi connectivity index (χ0n) is 15.2. The van der Waals surface area contributed by atoms with Gasteiger partial charge in [-0.05, 0) is 62.1 Å². The number of esters is 1. The Bertz CT molecular complexity index is 762. The lowest BCUT2D eigenvalue weighted by molar-refractivity contribution is -0.140. The van der Waals surface area contributed by atoms with Crippen LogP contribution in [0.25, 0.3) is 10.8 Å². The van der Waals surface area contributed by atoms with Crippen LogP contribution in [-0.4, -0.2) is 24.8 Å². The van der Waals surface area contributed by atoms with E-state index in [1.807, 2.05) is 57.2 Å². The molecule has 0 aliphatic carbocycles. The van der Waals surface area contributed by atoms with Crippen molar-refractivity contribution in [2.75, 3.05) is 12.4 Å². The Balaban J connectivity index is 2.23. The van der Waals surface area contributed by atoms with E-state index in [0.717, 1.165) is 16.3 Å². The Morgan fingerprint density at radius 2 is 1.72 bits per heavy atom. The number of benzene rings is 2. The van der Waals surface area contributed by atoms with Gasteiger partial charge in [-0.1, -0.05) is 24.3 Å². The molecule has 0 saturated carbocycles. The summed E-state index contributed by atoms with van der Waals surface area (Å²) in [5.74, 6) is -0.234. The van der Waals surface area contributed by atoms with Gasteiger partial charge in [0.25, 0.3) is 0 Å². The molecule has 1 amide bonds. The fourth-order valence-corrected chi connectivity index (χ4v) is 2.55. The van der Waals surface area contributed by atoms with Crippen LogP contribution >= 0.6 is 0 Å². The van der Waals surface area contributed by atoms with Gasteiger partial charge in [0.15, 0.2) is 0 Å². The first-order chi connectivity index (χ1) is 11.8. The number of methoxy groups -OCH3 is 1. The highest BCUT2D eigenvalue weighted by Crippen LogP contribution is 2.26. The summed E-state index contributed by atoms with van der Waals surface area (Å²) < 4.78 is 10.0. The molecule has 0 atom stereocenters. The number of fused-ring (bicyclic) bond motifs is 1. The molecule has 5 nitrogen and oxygen atoms in total. The van der Waals surface area contributed by atoms with Gasteiger partial charge in [0, 0.05) is 12.1 Å². The van der Waals surface area contributed by atoms with E-state index in [2.05, 4.69) is 10.1 Å². The molecule has 0 aliphatic rings. The molecule has 0 spiro atoms. The number of amides is 1. The summed E-state index contributed by atoms with van der Waals surface area (Å²) in [7, 11) is 1.38. The number of hydrogen-bond acceptors (Lipinski definition) is 4. The molecule has 2 aromatic carbocycles. The molecule has 1 N–H and O–H groups in total. The first-order valence-corrected chi connectivity index (χ1v) is 8.37. The molecule has 5 heteroatoms. The van der Waals surface area contributed by atoms with Gasteiger partial charge in [-0.25, -0.2) is 4.79 Å². The monoisotopic (exact) mass is 343 g/mol. The number of aryl methyl sites for hydroxylation is 1. The third kappa shape index (κ3) is 5.78. The van der Waals surface area contributed by atoms with E-state index in [1.165, 1.54) is 7.11 Å². The van der Waals surface area contributed by atoms with Crippen LogP contribution in [0.3, 0.4) is 0 Å². The lowest BCUT2D eigenvalue weighted by atomic mass is 10.0. The molecular formula is C20H25NO4. The van der Waals surface area contributed by atoms with E-state index in [1.54, 1.807) is 0 Å². The number of anilines is 1. The summed E-state index contributed by atoms with van der Waals surface area (Å²) >= 11 is 0. The lowest BCUT2D eigenvalue weighted by Gasteiger charge is -2.21. The van der Waals surface area contributed by atoms with Gasteiger partial charge in [0.05, 0.1) is 7.11 Å². The topological polar surface area (TPSA) is 64.6 Å². The van der Waals surface area contributed by atoms with Crippen LogP contribution in [0.5, 0.6) is 0 Å². The van der Waals surface area contributed by atoms with Crippen LogP contribution in [0.15, 0.2) is 36.4 Å². The SMILES string of the molecule is COC(=O)CCCc1cc2ccccc2cc1NC(=O)OC(C)(C)C. The highest BCUT2D eigenvalue weighted by molar-refractivity contribution is 5.93. The second-order valence-corrected chi connectivity index (χ2v) is 6.91. The minimum atomic E-state index is -0.564. The van der Waals surface area contributed by atoms with Gasteiger partial charge in [0.2, 0.25) is 0 Å². The van der Waals surface area contributed by atoms with Crippen LogP contribution in [0.2, 0.25) is 0 Å².